The van der Waals surface area contributed by atoms with Crippen LogP contribution in [0.3, 0.4) is 0 Å². The second kappa shape index (κ2) is 14.1. The third-order valence-electron chi connectivity index (χ3n) is 6.60. The molecule has 0 radical (unpaired) electrons. The Kier molecular flexibility index (Phi) is 11.6. The molecule has 2 N–H and O–H groups in total. The van der Waals surface area contributed by atoms with Crippen LogP contribution in [0.15, 0.2) is 66.3 Å². The van der Waals surface area contributed by atoms with Gasteiger partial charge in [-0.15, -0.1) is 0 Å². The molecule has 6 heteroatoms. The predicted molar refractivity (Wildman–Crippen MR) is 141 cm³/mol. The second-order valence-electron chi connectivity index (χ2n) is 10.2. The van der Waals surface area contributed by atoms with Crippen LogP contribution in [-0.4, -0.2) is 46.1 Å². The van der Waals surface area contributed by atoms with Crippen molar-refractivity contribution in [3.63, 3.8) is 0 Å². The van der Waals surface area contributed by atoms with Crippen LogP contribution in [0.1, 0.15) is 65.9 Å². The molecule has 0 spiro atoms. The van der Waals surface area contributed by atoms with Gasteiger partial charge in [0.1, 0.15) is 17.8 Å². The quantitative estimate of drug-likeness (QED) is 0.309. The number of aliphatic hydroxyl groups excluding tert-OH is 1. The van der Waals surface area contributed by atoms with E-state index in [0.29, 0.717) is 5.92 Å². The van der Waals surface area contributed by atoms with Crippen molar-refractivity contribution >= 4 is 11.9 Å². The standard InChI is InChI=1S/C30H42O6/c1-21(14-16-25-12-7-6-8-13-25)10-9-11-22(2)29-23(3)15-17-27(35-24(4)31)30(5,34)19-18-26(32)20-28(33)36-29/h6-13,15,17,21,23,26-27,29,32,34H,14,16,18-20H2,1-5H3/b10-9+,17-15+,22-11+/t21?,23-,26-,27+,29+,30-/m0/s1. The van der Waals surface area contributed by atoms with Gasteiger partial charge in [0, 0.05) is 12.8 Å². The molecule has 0 aromatic heterocycles. The molecule has 0 fully saturated rings. The van der Waals surface area contributed by atoms with Gasteiger partial charge in [0.05, 0.1) is 12.5 Å². The Morgan fingerprint density at radius 3 is 2.61 bits per heavy atom. The van der Waals surface area contributed by atoms with Crippen molar-refractivity contribution in [3.05, 3.63) is 71.8 Å². The number of aliphatic hydroxyl groups is 2. The topological polar surface area (TPSA) is 93.1 Å². The van der Waals surface area contributed by atoms with E-state index in [-0.39, 0.29) is 25.2 Å². The van der Waals surface area contributed by atoms with E-state index < -0.39 is 35.9 Å². The van der Waals surface area contributed by atoms with Gasteiger partial charge < -0.3 is 19.7 Å². The number of cyclic esters (lactones) is 1. The van der Waals surface area contributed by atoms with E-state index in [0.717, 1.165) is 18.4 Å². The minimum absolute atomic E-state index is 0.160. The fraction of sp³-hybridized carbons (Fsp3) is 0.533. The molecule has 6 nitrogen and oxygen atoms in total. The van der Waals surface area contributed by atoms with Crippen molar-refractivity contribution in [2.45, 2.75) is 90.6 Å². The summed E-state index contributed by atoms with van der Waals surface area (Å²) in [4.78, 5) is 24.2. The first-order valence-electron chi connectivity index (χ1n) is 12.8. The Morgan fingerprint density at radius 2 is 1.94 bits per heavy atom. The van der Waals surface area contributed by atoms with Crippen LogP contribution in [0.5, 0.6) is 0 Å². The van der Waals surface area contributed by atoms with Crippen molar-refractivity contribution < 1.29 is 29.3 Å². The molecule has 0 saturated carbocycles. The van der Waals surface area contributed by atoms with Gasteiger partial charge in [-0.1, -0.05) is 68.5 Å². The number of hydrogen-bond acceptors (Lipinski definition) is 6. The van der Waals surface area contributed by atoms with E-state index >= 15 is 0 Å². The summed E-state index contributed by atoms with van der Waals surface area (Å²) < 4.78 is 11.1. The van der Waals surface area contributed by atoms with Crippen LogP contribution in [0, 0.1) is 11.8 Å². The van der Waals surface area contributed by atoms with Crippen molar-refractivity contribution in [3.8, 4) is 0 Å². The molecule has 1 aromatic rings. The Bertz CT molecular complexity index is 930. The first-order valence-corrected chi connectivity index (χ1v) is 12.8. The first kappa shape index (κ1) is 29.5. The number of esters is 2. The Morgan fingerprint density at radius 1 is 1.25 bits per heavy atom. The molecule has 0 bridgehead atoms. The maximum absolute atomic E-state index is 12.6. The summed E-state index contributed by atoms with van der Waals surface area (Å²) in [5, 5.41) is 21.2. The summed E-state index contributed by atoms with van der Waals surface area (Å²) >= 11 is 0. The van der Waals surface area contributed by atoms with Crippen LogP contribution >= 0.6 is 0 Å². The number of carbonyl (C=O) groups is 2. The van der Waals surface area contributed by atoms with E-state index in [1.165, 1.54) is 12.5 Å². The molecule has 36 heavy (non-hydrogen) atoms. The summed E-state index contributed by atoms with van der Waals surface area (Å²) in [7, 11) is 0. The maximum Gasteiger partial charge on any atom is 0.309 e. The zero-order chi connectivity index (χ0) is 26.7. The van der Waals surface area contributed by atoms with Gasteiger partial charge in [0.15, 0.2) is 0 Å². The summed E-state index contributed by atoms with van der Waals surface area (Å²) in [5.74, 6) is -0.861. The highest BCUT2D eigenvalue weighted by Gasteiger charge is 2.34. The zero-order valence-corrected chi connectivity index (χ0v) is 22.2. The SMILES string of the molecule is CC(=O)O[C@@H]1/C=C/[C@H](C)[C@@H](/C(C)=C/C=C/C(C)CCc2ccccc2)OC(=O)C[C@@H](O)CC[C@]1(C)O. The Labute approximate surface area is 215 Å². The van der Waals surface area contributed by atoms with Crippen LogP contribution in [0.25, 0.3) is 0 Å². The van der Waals surface area contributed by atoms with E-state index in [9.17, 15) is 19.8 Å². The molecule has 2 rings (SSSR count). The normalized spacial score (nSPS) is 30.1. The van der Waals surface area contributed by atoms with Gasteiger partial charge in [0.25, 0.3) is 0 Å². The molecule has 1 heterocycles. The highest BCUT2D eigenvalue weighted by Crippen LogP contribution is 2.27. The molecule has 0 aliphatic carbocycles. The number of ether oxygens (including phenoxy) is 2. The number of allylic oxidation sites excluding steroid dienone is 3. The summed E-state index contributed by atoms with van der Waals surface area (Å²) in [6.45, 7) is 8.84. The fourth-order valence-corrected chi connectivity index (χ4v) is 4.26. The van der Waals surface area contributed by atoms with Crippen LogP contribution in [0.4, 0.5) is 0 Å². The molecule has 1 unspecified atom stereocenters. The van der Waals surface area contributed by atoms with E-state index in [4.69, 9.17) is 9.47 Å². The van der Waals surface area contributed by atoms with Gasteiger partial charge in [-0.3, -0.25) is 9.59 Å². The lowest BCUT2D eigenvalue weighted by Crippen LogP contribution is -2.42. The Hall–Kier alpha value is -2.70. The molecule has 1 aromatic carbocycles. The average molecular weight is 499 g/mol. The van der Waals surface area contributed by atoms with E-state index in [1.54, 1.807) is 13.0 Å². The summed E-state index contributed by atoms with van der Waals surface area (Å²) in [6.07, 6.45) is 9.34. The van der Waals surface area contributed by atoms with Gasteiger partial charge in [0.2, 0.25) is 0 Å². The third kappa shape index (κ3) is 10.1. The van der Waals surface area contributed by atoms with Crippen LogP contribution in [0.2, 0.25) is 0 Å². The van der Waals surface area contributed by atoms with Gasteiger partial charge in [-0.05, 0) is 62.7 Å². The van der Waals surface area contributed by atoms with Gasteiger partial charge >= 0.3 is 11.9 Å². The first-order chi connectivity index (χ1) is 17.0. The largest absolute Gasteiger partial charge is 0.457 e. The lowest BCUT2D eigenvalue weighted by molar-refractivity contribution is -0.157. The van der Waals surface area contributed by atoms with Gasteiger partial charge in [-0.2, -0.15) is 0 Å². The average Bonchev–Trinajstić information content (AvgIpc) is 2.82. The zero-order valence-electron chi connectivity index (χ0n) is 22.2. The minimum atomic E-state index is -1.38. The molecular weight excluding hydrogens is 456 g/mol. The number of benzene rings is 1. The molecule has 1 aliphatic heterocycles. The van der Waals surface area contributed by atoms with E-state index in [1.807, 2.05) is 38.1 Å². The molecular formula is C30H42O6. The van der Waals surface area contributed by atoms with Crippen molar-refractivity contribution in [1.29, 1.82) is 0 Å². The molecule has 1 aliphatic rings. The molecule has 198 valence electrons. The number of rotatable bonds is 7. The second-order valence-corrected chi connectivity index (χ2v) is 10.2. The number of carbonyl (C=O) groups excluding carboxylic acids is 2. The lowest BCUT2D eigenvalue weighted by Gasteiger charge is -2.32. The lowest BCUT2D eigenvalue weighted by atomic mass is 9.88. The highest BCUT2D eigenvalue weighted by molar-refractivity contribution is 5.70. The number of aryl methyl sites for hydroxylation is 1. The molecule has 6 atom stereocenters. The highest BCUT2D eigenvalue weighted by atomic mass is 16.6. The van der Waals surface area contributed by atoms with E-state index in [2.05, 4.69) is 37.3 Å². The van der Waals surface area contributed by atoms with Crippen molar-refractivity contribution in [2.75, 3.05) is 0 Å². The fourth-order valence-electron chi connectivity index (χ4n) is 4.26. The monoisotopic (exact) mass is 498 g/mol. The third-order valence-corrected chi connectivity index (χ3v) is 6.60. The van der Waals surface area contributed by atoms with Gasteiger partial charge in [-0.25, -0.2) is 0 Å². The predicted octanol–water partition coefficient (Wildman–Crippen LogP) is 5.09. The maximum atomic E-state index is 12.6. The van der Waals surface area contributed by atoms with Crippen molar-refractivity contribution in [1.82, 2.24) is 0 Å². The Balaban J connectivity index is 2.17. The van der Waals surface area contributed by atoms with Crippen LogP contribution < -0.4 is 0 Å². The minimum Gasteiger partial charge on any atom is -0.457 e. The molecule has 0 saturated heterocycles. The van der Waals surface area contributed by atoms with Crippen LogP contribution in [-0.2, 0) is 25.5 Å². The summed E-state index contributed by atoms with van der Waals surface area (Å²) in [5.41, 5.74) is 0.790. The van der Waals surface area contributed by atoms with Crippen molar-refractivity contribution in [2.24, 2.45) is 11.8 Å². The smallest absolute Gasteiger partial charge is 0.309 e. The molecule has 0 amide bonds. The summed E-state index contributed by atoms with van der Waals surface area (Å²) in [6, 6.07) is 10.4. The number of hydrogen-bond donors (Lipinski definition) is 2.